The molecule has 0 aromatic heterocycles. The van der Waals surface area contributed by atoms with Crippen LogP contribution in [0.25, 0.3) is 0 Å². The molecule has 4 aliphatic rings. The average molecular weight is 441 g/mol. The molecule has 0 saturated heterocycles. The van der Waals surface area contributed by atoms with E-state index in [0.717, 1.165) is 47.3 Å². The van der Waals surface area contributed by atoms with Gasteiger partial charge < -0.3 is 0 Å². The molecule has 2 atom stereocenters. The fraction of sp³-hybridized carbons (Fsp3) is 0.938. The third-order valence-corrected chi connectivity index (χ3v) is 10.8. The van der Waals surface area contributed by atoms with Gasteiger partial charge in [0.05, 0.1) is 0 Å². The monoisotopic (exact) mass is 440 g/mol. The summed E-state index contributed by atoms with van der Waals surface area (Å²) in [6.07, 6.45) is 35.7. The minimum absolute atomic E-state index is 0.908. The lowest BCUT2D eigenvalue weighted by atomic mass is 9.63. The van der Waals surface area contributed by atoms with Gasteiger partial charge in [0.15, 0.2) is 0 Å². The molecule has 0 heteroatoms. The first-order chi connectivity index (χ1) is 15.8. The Labute approximate surface area is 201 Å². The summed E-state index contributed by atoms with van der Waals surface area (Å²) in [7, 11) is 0. The van der Waals surface area contributed by atoms with Crippen LogP contribution in [0.2, 0.25) is 0 Å². The van der Waals surface area contributed by atoms with Gasteiger partial charge in [0, 0.05) is 0 Å². The largest absolute Gasteiger partial charge is 0.0851 e. The van der Waals surface area contributed by atoms with E-state index in [1.54, 1.807) is 77.0 Å². The number of hydrogen-bond donors (Lipinski definition) is 0. The van der Waals surface area contributed by atoms with Crippen molar-refractivity contribution in [3.63, 3.8) is 0 Å². The molecule has 0 nitrogen and oxygen atoms in total. The Kier molecular flexibility index (Phi) is 10.1. The minimum Gasteiger partial charge on any atom is -0.0851 e. The molecule has 0 aliphatic heterocycles. The van der Waals surface area contributed by atoms with E-state index >= 15 is 0 Å². The zero-order valence-electron chi connectivity index (χ0n) is 21.9. The zero-order chi connectivity index (χ0) is 22.2. The van der Waals surface area contributed by atoms with Gasteiger partial charge in [-0.3, -0.25) is 0 Å². The molecule has 0 aromatic carbocycles. The highest BCUT2D eigenvalue weighted by Gasteiger charge is 2.35. The molecule has 3 saturated carbocycles. The average Bonchev–Trinajstić information content (AvgIpc) is 2.86. The van der Waals surface area contributed by atoms with E-state index in [4.69, 9.17) is 0 Å². The number of unbranched alkanes of at least 4 members (excludes halogenated alkanes) is 2. The molecule has 0 amide bonds. The van der Waals surface area contributed by atoms with Crippen molar-refractivity contribution in [3.05, 3.63) is 12.2 Å². The van der Waals surface area contributed by atoms with E-state index in [9.17, 15) is 0 Å². The van der Waals surface area contributed by atoms with Crippen LogP contribution in [-0.4, -0.2) is 0 Å². The van der Waals surface area contributed by atoms with Crippen LogP contribution in [0.1, 0.15) is 142 Å². The Morgan fingerprint density at radius 2 is 1.00 bits per heavy atom. The molecular formula is C32H56. The van der Waals surface area contributed by atoms with Crippen LogP contribution in [0.5, 0.6) is 0 Å². The number of rotatable bonds is 9. The molecule has 0 spiro atoms. The van der Waals surface area contributed by atoms with Gasteiger partial charge in [-0.1, -0.05) is 70.9 Å². The smallest absolute Gasteiger partial charge is 0.0205 e. The van der Waals surface area contributed by atoms with Crippen molar-refractivity contribution in [2.45, 2.75) is 142 Å². The Hall–Kier alpha value is -0.260. The van der Waals surface area contributed by atoms with Crippen LogP contribution in [0, 0.1) is 47.3 Å². The van der Waals surface area contributed by atoms with Crippen molar-refractivity contribution in [1.29, 1.82) is 0 Å². The standard InChI is InChI=1S/C32H56/c1-3-5-6-8-26-11-15-28(16-12-26)30-19-23-32(24-20-30)31-21-17-29(18-22-31)27-13-9-25(7-4-2)10-14-27/h11,15,25-32H,3-10,12-14,16-24H2,1-2H3. The van der Waals surface area contributed by atoms with E-state index < -0.39 is 0 Å². The van der Waals surface area contributed by atoms with Gasteiger partial charge in [-0.05, 0) is 131 Å². The highest BCUT2D eigenvalue weighted by molar-refractivity contribution is 5.01. The van der Waals surface area contributed by atoms with Crippen molar-refractivity contribution in [1.82, 2.24) is 0 Å². The summed E-state index contributed by atoms with van der Waals surface area (Å²) in [5, 5.41) is 0. The van der Waals surface area contributed by atoms with Gasteiger partial charge in [0.1, 0.15) is 0 Å². The van der Waals surface area contributed by atoms with E-state index in [2.05, 4.69) is 26.0 Å². The first kappa shape index (κ1) is 24.9. The van der Waals surface area contributed by atoms with Crippen LogP contribution >= 0.6 is 0 Å². The van der Waals surface area contributed by atoms with Crippen molar-refractivity contribution in [2.75, 3.05) is 0 Å². The molecule has 184 valence electrons. The minimum atomic E-state index is 0.908. The predicted molar refractivity (Wildman–Crippen MR) is 141 cm³/mol. The van der Waals surface area contributed by atoms with Crippen molar-refractivity contribution >= 4 is 0 Å². The summed E-state index contributed by atoms with van der Waals surface area (Å²) in [5.41, 5.74) is 0. The van der Waals surface area contributed by atoms with Gasteiger partial charge in [-0.25, -0.2) is 0 Å². The lowest BCUT2D eigenvalue weighted by molar-refractivity contribution is 0.0967. The lowest BCUT2D eigenvalue weighted by Crippen LogP contribution is -2.31. The van der Waals surface area contributed by atoms with Gasteiger partial charge in [0.25, 0.3) is 0 Å². The quantitative estimate of drug-likeness (QED) is 0.247. The summed E-state index contributed by atoms with van der Waals surface area (Å²) in [6.45, 7) is 4.70. The topological polar surface area (TPSA) is 0 Å². The van der Waals surface area contributed by atoms with E-state index in [0.29, 0.717) is 0 Å². The second-order valence-electron chi connectivity index (χ2n) is 12.8. The molecule has 4 rings (SSSR count). The van der Waals surface area contributed by atoms with Crippen molar-refractivity contribution < 1.29 is 0 Å². The molecule has 0 radical (unpaired) electrons. The molecule has 3 fully saturated rings. The molecule has 0 bridgehead atoms. The molecule has 4 aliphatic carbocycles. The van der Waals surface area contributed by atoms with E-state index in [-0.39, 0.29) is 0 Å². The molecule has 0 heterocycles. The maximum Gasteiger partial charge on any atom is -0.0205 e. The molecule has 0 N–H and O–H groups in total. The summed E-state index contributed by atoms with van der Waals surface area (Å²) < 4.78 is 0. The van der Waals surface area contributed by atoms with Gasteiger partial charge in [0.2, 0.25) is 0 Å². The third kappa shape index (κ3) is 6.88. The van der Waals surface area contributed by atoms with Crippen molar-refractivity contribution in [3.8, 4) is 0 Å². The summed E-state index contributed by atoms with van der Waals surface area (Å²) in [6, 6.07) is 0. The van der Waals surface area contributed by atoms with Crippen LogP contribution in [0.15, 0.2) is 12.2 Å². The van der Waals surface area contributed by atoms with Crippen LogP contribution in [-0.2, 0) is 0 Å². The Morgan fingerprint density at radius 3 is 1.47 bits per heavy atom. The molecule has 2 unspecified atom stereocenters. The van der Waals surface area contributed by atoms with E-state index in [1.807, 2.05) is 0 Å². The third-order valence-electron chi connectivity index (χ3n) is 10.8. The lowest BCUT2D eigenvalue weighted by Gasteiger charge is -2.42. The Bertz CT molecular complexity index is 522. The summed E-state index contributed by atoms with van der Waals surface area (Å²) >= 11 is 0. The molecule has 32 heavy (non-hydrogen) atoms. The SMILES string of the molecule is CCCCCC1C=CC(C2CCC(C3CCC(C4CCC(CCC)CC4)CC3)CC2)CC1. The summed E-state index contributed by atoms with van der Waals surface area (Å²) in [4.78, 5) is 0. The van der Waals surface area contributed by atoms with Crippen LogP contribution in [0.3, 0.4) is 0 Å². The Morgan fingerprint density at radius 1 is 0.469 bits per heavy atom. The van der Waals surface area contributed by atoms with Gasteiger partial charge in [-0.15, -0.1) is 0 Å². The second kappa shape index (κ2) is 13.0. The van der Waals surface area contributed by atoms with Gasteiger partial charge >= 0.3 is 0 Å². The summed E-state index contributed by atoms with van der Waals surface area (Å²) in [5.74, 6) is 8.31. The highest BCUT2D eigenvalue weighted by Crippen LogP contribution is 2.47. The van der Waals surface area contributed by atoms with Gasteiger partial charge in [-0.2, -0.15) is 0 Å². The molecular weight excluding hydrogens is 384 g/mol. The molecule has 0 aromatic rings. The number of hydrogen-bond acceptors (Lipinski definition) is 0. The van der Waals surface area contributed by atoms with Crippen LogP contribution in [0.4, 0.5) is 0 Å². The number of allylic oxidation sites excluding steroid dienone is 2. The maximum absolute atomic E-state index is 2.67. The van der Waals surface area contributed by atoms with E-state index in [1.165, 1.54) is 51.4 Å². The zero-order valence-corrected chi connectivity index (χ0v) is 21.9. The fourth-order valence-corrected chi connectivity index (χ4v) is 8.68. The highest BCUT2D eigenvalue weighted by atomic mass is 14.4. The maximum atomic E-state index is 2.67. The first-order valence-corrected chi connectivity index (χ1v) is 15.4. The Balaban J connectivity index is 1.13. The second-order valence-corrected chi connectivity index (χ2v) is 12.8. The fourth-order valence-electron chi connectivity index (χ4n) is 8.68. The van der Waals surface area contributed by atoms with Crippen LogP contribution < -0.4 is 0 Å². The predicted octanol–water partition coefficient (Wildman–Crippen LogP) is 10.4. The first-order valence-electron chi connectivity index (χ1n) is 15.4. The normalized spacial score (nSPS) is 40.9. The van der Waals surface area contributed by atoms with Crippen molar-refractivity contribution in [2.24, 2.45) is 47.3 Å².